The fourth-order valence-electron chi connectivity index (χ4n) is 2.58. The van der Waals surface area contributed by atoms with Crippen molar-refractivity contribution < 1.29 is 14.6 Å². The maximum Gasteiger partial charge on any atom is 0.255 e. The Kier molecular flexibility index (Phi) is 6.06. The molecule has 22 heavy (non-hydrogen) atoms. The Morgan fingerprint density at radius 1 is 1.55 bits per heavy atom. The number of phenolic OH excluding ortho intramolecular Hbond substituents is 1. The molecular formula is C16H23ClN2O3. The molecule has 2 rings (SSSR count). The van der Waals surface area contributed by atoms with Crippen LogP contribution in [0.1, 0.15) is 24.2 Å². The summed E-state index contributed by atoms with van der Waals surface area (Å²) in [4.78, 5) is 14.5. The molecule has 1 fully saturated rings. The molecule has 1 aromatic carbocycles. The second-order valence-corrected chi connectivity index (χ2v) is 6.45. The van der Waals surface area contributed by atoms with Gasteiger partial charge in [0.05, 0.1) is 18.3 Å². The van der Waals surface area contributed by atoms with Gasteiger partial charge in [-0.15, -0.1) is 0 Å². The smallest absolute Gasteiger partial charge is 0.255 e. The molecule has 0 aliphatic carbocycles. The lowest BCUT2D eigenvalue weighted by atomic mass is 10.1. The Morgan fingerprint density at radius 3 is 3.05 bits per heavy atom. The van der Waals surface area contributed by atoms with Gasteiger partial charge < -0.3 is 15.2 Å². The first-order valence-corrected chi connectivity index (χ1v) is 7.94. The Morgan fingerprint density at radius 2 is 2.32 bits per heavy atom. The Balaban J connectivity index is 1.86. The van der Waals surface area contributed by atoms with E-state index in [0.717, 1.165) is 19.6 Å². The molecule has 1 heterocycles. The van der Waals surface area contributed by atoms with Crippen molar-refractivity contribution in [3.8, 4) is 5.75 Å². The highest BCUT2D eigenvalue weighted by Gasteiger charge is 2.22. The Hall–Kier alpha value is -1.30. The van der Waals surface area contributed by atoms with E-state index in [-0.39, 0.29) is 23.3 Å². The molecule has 1 saturated heterocycles. The summed E-state index contributed by atoms with van der Waals surface area (Å²) in [5.41, 5.74) is 0.183. The van der Waals surface area contributed by atoms with Gasteiger partial charge in [0.2, 0.25) is 0 Å². The number of aromatic hydroxyl groups is 1. The average Bonchev–Trinajstić information content (AvgIpc) is 2.47. The summed E-state index contributed by atoms with van der Waals surface area (Å²) in [5.74, 6) is 0.189. The molecule has 0 radical (unpaired) electrons. The van der Waals surface area contributed by atoms with Crippen LogP contribution in [0.5, 0.6) is 5.75 Å². The molecule has 5 nitrogen and oxygen atoms in total. The first kappa shape index (κ1) is 17.1. The maximum atomic E-state index is 12.1. The Labute approximate surface area is 136 Å². The fraction of sp³-hybridized carbons (Fsp3) is 0.562. The van der Waals surface area contributed by atoms with Gasteiger partial charge in [0.1, 0.15) is 5.75 Å². The lowest BCUT2D eigenvalue weighted by Crippen LogP contribution is -2.48. The SMILES string of the molecule is CC(C)CN1CCOC(CNC(=O)c2cc(Cl)ccc2O)C1. The van der Waals surface area contributed by atoms with Crippen LogP contribution in [0.4, 0.5) is 0 Å². The minimum absolute atomic E-state index is 0.0298. The quantitative estimate of drug-likeness (QED) is 0.870. The summed E-state index contributed by atoms with van der Waals surface area (Å²) >= 11 is 5.85. The zero-order valence-corrected chi connectivity index (χ0v) is 13.8. The number of morpholine rings is 1. The highest BCUT2D eigenvalue weighted by atomic mass is 35.5. The molecule has 0 bridgehead atoms. The number of amides is 1. The largest absolute Gasteiger partial charge is 0.507 e. The topological polar surface area (TPSA) is 61.8 Å². The molecule has 2 N–H and O–H groups in total. The summed E-state index contributed by atoms with van der Waals surface area (Å²) < 4.78 is 5.69. The van der Waals surface area contributed by atoms with Gasteiger partial charge in [-0.2, -0.15) is 0 Å². The van der Waals surface area contributed by atoms with Gasteiger partial charge in [-0.25, -0.2) is 0 Å². The van der Waals surface area contributed by atoms with Crippen molar-refractivity contribution in [1.29, 1.82) is 0 Å². The van der Waals surface area contributed by atoms with E-state index in [9.17, 15) is 9.90 Å². The maximum absolute atomic E-state index is 12.1. The molecular weight excluding hydrogens is 304 g/mol. The van der Waals surface area contributed by atoms with Gasteiger partial charge in [0.15, 0.2) is 0 Å². The third-order valence-electron chi connectivity index (χ3n) is 3.54. The van der Waals surface area contributed by atoms with Gasteiger partial charge in [-0.05, 0) is 24.1 Å². The highest BCUT2D eigenvalue weighted by molar-refractivity contribution is 6.31. The van der Waals surface area contributed by atoms with E-state index in [1.165, 1.54) is 12.1 Å². The van der Waals surface area contributed by atoms with E-state index in [4.69, 9.17) is 16.3 Å². The highest BCUT2D eigenvalue weighted by Crippen LogP contribution is 2.21. The van der Waals surface area contributed by atoms with Gasteiger partial charge in [0.25, 0.3) is 5.91 Å². The van der Waals surface area contributed by atoms with Crippen molar-refractivity contribution in [2.75, 3.05) is 32.8 Å². The van der Waals surface area contributed by atoms with E-state index >= 15 is 0 Å². The van der Waals surface area contributed by atoms with E-state index < -0.39 is 0 Å². The summed E-state index contributed by atoms with van der Waals surface area (Å²) in [6.07, 6.45) is -0.0298. The van der Waals surface area contributed by atoms with E-state index in [1.54, 1.807) is 6.07 Å². The van der Waals surface area contributed by atoms with Crippen LogP contribution in [0.3, 0.4) is 0 Å². The first-order chi connectivity index (χ1) is 10.5. The van der Waals surface area contributed by atoms with Crippen molar-refractivity contribution in [1.82, 2.24) is 10.2 Å². The number of halogens is 1. The van der Waals surface area contributed by atoms with Crippen molar-refractivity contribution in [3.63, 3.8) is 0 Å². The summed E-state index contributed by atoms with van der Waals surface area (Å²) in [6, 6.07) is 4.42. The van der Waals surface area contributed by atoms with Gasteiger partial charge in [-0.1, -0.05) is 25.4 Å². The fourth-order valence-corrected chi connectivity index (χ4v) is 2.75. The summed E-state index contributed by atoms with van der Waals surface area (Å²) in [7, 11) is 0. The van der Waals surface area contributed by atoms with Crippen LogP contribution in [0.15, 0.2) is 18.2 Å². The molecule has 0 saturated carbocycles. The minimum atomic E-state index is -0.343. The number of hydrogen-bond acceptors (Lipinski definition) is 4. The number of carbonyl (C=O) groups excluding carboxylic acids is 1. The third kappa shape index (κ3) is 4.87. The zero-order valence-electron chi connectivity index (χ0n) is 13.0. The minimum Gasteiger partial charge on any atom is -0.507 e. The van der Waals surface area contributed by atoms with Crippen molar-refractivity contribution >= 4 is 17.5 Å². The van der Waals surface area contributed by atoms with Crippen LogP contribution in [-0.4, -0.2) is 54.8 Å². The van der Waals surface area contributed by atoms with Crippen LogP contribution in [-0.2, 0) is 4.74 Å². The van der Waals surface area contributed by atoms with Gasteiger partial charge >= 0.3 is 0 Å². The number of benzene rings is 1. The van der Waals surface area contributed by atoms with Crippen molar-refractivity contribution in [2.24, 2.45) is 5.92 Å². The normalized spacial score (nSPS) is 19.4. The molecule has 1 atom stereocenters. The lowest BCUT2D eigenvalue weighted by Gasteiger charge is -2.33. The molecule has 1 aliphatic heterocycles. The first-order valence-electron chi connectivity index (χ1n) is 7.56. The predicted octanol–water partition coefficient (Wildman–Crippen LogP) is 2.13. The standard InChI is InChI=1S/C16H23ClN2O3/c1-11(2)9-19-5-6-22-13(10-19)8-18-16(21)14-7-12(17)3-4-15(14)20/h3-4,7,11,13,20H,5-6,8-10H2,1-2H3,(H,18,21). The average molecular weight is 327 g/mol. The van der Waals surface area contributed by atoms with Crippen LogP contribution >= 0.6 is 11.6 Å². The number of phenols is 1. The zero-order chi connectivity index (χ0) is 16.1. The van der Waals surface area contributed by atoms with E-state index in [1.807, 2.05) is 0 Å². The van der Waals surface area contributed by atoms with E-state index in [0.29, 0.717) is 24.1 Å². The molecule has 1 aromatic rings. The number of rotatable bonds is 5. The predicted molar refractivity (Wildman–Crippen MR) is 86.5 cm³/mol. The van der Waals surface area contributed by atoms with Crippen LogP contribution in [0.25, 0.3) is 0 Å². The van der Waals surface area contributed by atoms with Crippen molar-refractivity contribution in [3.05, 3.63) is 28.8 Å². The molecule has 0 aromatic heterocycles. The lowest BCUT2D eigenvalue weighted by molar-refractivity contribution is -0.0295. The number of hydrogen-bond donors (Lipinski definition) is 2. The molecule has 122 valence electrons. The second-order valence-electron chi connectivity index (χ2n) is 6.02. The van der Waals surface area contributed by atoms with Gasteiger partial charge in [-0.3, -0.25) is 9.69 Å². The van der Waals surface area contributed by atoms with Crippen LogP contribution < -0.4 is 5.32 Å². The number of ether oxygens (including phenoxy) is 1. The summed E-state index contributed by atoms with van der Waals surface area (Å²) in [6.45, 7) is 8.23. The molecule has 6 heteroatoms. The monoisotopic (exact) mass is 326 g/mol. The van der Waals surface area contributed by atoms with E-state index in [2.05, 4.69) is 24.1 Å². The van der Waals surface area contributed by atoms with Crippen molar-refractivity contribution in [2.45, 2.75) is 20.0 Å². The molecule has 0 spiro atoms. The molecule has 1 amide bonds. The number of nitrogens with zero attached hydrogens (tertiary/aromatic N) is 1. The number of nitrogens with one attached hydrogen (secondary N) is 1. The second kappa shape index (κ2) is 7.81. The number of carbonyl (C=O) groups is 1. The van der Waals surface area contributed by atoms with Crippen LogP contribution in [0, 0.1) is 5.92 Å². The third-order valence-corrected chi connectivity index (χ3v) is 3.77. The van der Waals surface area contributed by atoms with Crippen LogP contribution in [0.2, 0.25) is 5.02 Å². The Bertz CT molecular complexity index is 522. The molecule has 1 aliphatic rings. The molecule has 1 unspecified atom stereocenters. The van der Waals surface area contributed by atoms with Gasteiger partial charge in [0, 0.05) is 31.2 Å². The summed E-state index contributed by atoms with van der Waals surface area (Å²) in [5, 5.41) is 12.9.